The van der Waals surface area contributed by atoms with E-state index in [1.165, 1.54) is 30.4 Å². The minimum absolute atomic E-state index is 0.215. The maximum Gasteiger partial charge on any atom is 0.119 e. The van der Waals surface area contributed by atoms with Gasteiger partial charge in [-0.15, -0.1) is 0 Å². The van der Waals surface area contributed by atoms with Crippen LogP contribution >= 0.6 is 0 Å². The van der Waals surface area contributed by atoms with E-state index >= 15 is 0 Å². The van der Waals surface area contributed by atoms with Crippen LogP contribution < -0.4 is 16.2 Å². The van der Waals surface area contributed by atoms with Gasteiger partial charge in [0.25, 0.3) is 0 Å². The Hall–Kier alpha value is -2.10. The molecule has 0 amide bonds. The molecule has 0 fully saturated rings. The fourth-order valence-corrected chi connectivity index (χ4v) is 3.87. The molecule has 0 aromatic heterocycles. The molecule has 3 unspecified atom stereocenters. The van der Waals surface area contributed by atoms with Crippen molar-refractivity contribution >= 4 is 0 Å². The van der Waals surface area contributed by atoms with Crippen molar-refractivity contribution in [2.75, 3.05) is 6.54 Å². The topological polar surface area (TPSA) is 61.3 Å². The Labute approximate surface area is 157 Å². The van der Waals surface area contributed by atoms with Crippen molar-refractivity contribution in [2.24, 2.45) is 17.4 Å². The lowest BCUT2D eigenvalue weighted by molar-refractivity contribution is 0.297. The van der Waals surface area contributed by atoms with E-state index in [0.717, 1.165) is 5.75 Å². The molecule has 0 bridgehead atoms. The minimum Gasteiger partial charge on any atom is -0.489 e. The van der Waals surface area contributed by atoms with E-state index in [1.807, 2.05) is 30.3 Å². The van der Waals surface area contributed by atoms with Crippen LogP contribution in [0.2, 0.25) is 0 Å². The zero-order valence-corrected chi connectivity index (χ0v) is 15.6. The van der Waals surface area contributed by atoms with Crippen LogP contribution in [0.25, 0.3) is 0 Å². The molecule has 0 radical (unpaired) electrons. The van der Waals surface area contributed by atoms with Crippen molar-refractivity contribution in [1.82, 2.24) is 0 Å². The normalized spacial score (nSPS) is 20.3. The highest BCUT2D eigenvalue weighted by Gasteiger charge is 2.35. The first-order valence-corrected chi connectivity index (χ1v) is 9.52. The van der Waals surface area contributed by atoms with Crippen LogP contribution in [0.1, 0.15) is 43.2 Å². The monoisotopic (exact) mass is 350 g/mol. The van der Waals surface area contributed by atoms with Crippen LogP contribution in [0.3, 0.4) is 0 Å². The number of rotatable bonds is 7. The van der Waals surface area contributed by atoms with E-state index in [0.29, 0.717) is 19.1 Å². The number of hydrogen-bond donors (Lipinski definition) is 2. The van der Waals surface area contributed by atoms with E-state index in [1.54, 1.807) is 0 Å². The summed E-state index contributed by atoms with van der Waals surface area (Å²) >= 11 is 0. The number of hydrogen-bond acceptors (Lipinski definition) is 3. The van der Waals surface area contributed by atoms with E-state index in [9.17, 15) is 0 Å². The summed E-state index contributed by atoms with van der Waals surface area (Å²) in [6.45, 7) is 3.11. The van der Waals surface area contributed by atoms with Crippen molar-refractivity contribution in [2.45, 2.75) is 44.2 Å². The molecule has 3 heteroatoms. The maximum atomic E-state index is 6.61. The van der Waals surface area contributed by atoms with Crippen molar-refractivity contribution in [3.8, 4) is 5.75 Å². The molecule has 0 saturated heterocycles. The van der Waals surface area contributed by atoms with Crippen molar-refractivity contribution < 1.29 is 4.74 Å². The molecule has 3 nitrogen and oxygen atoms in total. The van der Waals surface area contributed by atoms with Gasteiger partial charge in [-0.1, -0.05) is 54.6 Å². The highest BCUT2D eigenvalue weighted by molar-refractivity contribution is 5.33. The lowest BCUT2D eigenvalue weighted by atomic mass is 9.70. The van der Waals surface area contributed by atoms with Crippen LogP contribution in [-0.4, -0.2) is 12.1 Å². The largest absolute Gasteiger partial charge is 0.489 e. The summed E-state index contributed by atoms with van der Waals surface area (Å²) in [6.07, 6.45) is 8.16. The molecule has 0 aliphatic heterocycles. The second-order valence-corrected chi connectivity index (χ2v) is 7.55. The van der Waals surface area contributed by atoms with E-state index in [-0.39, 0.29) is 5.92 Å². The molecule has 0 saturated carbocycles. The average molecular weight is 351 g/mol. The maximum absolute atomic E-state index is 6.61. The lowest BCUT2D eigenvalue weighted by Gasteiger charge is -2.39. The van der Waals surface area contributed by atoms with Gasteiger partial charge in [-0.05, 0) is 55.4 Å². The van der Waals surface area contributed by atoms with Crippen molar-refractivity contribution in [3.63, 3.8) is 0 Å². The van der Waals surface area contributed by atoms with Gasteiger partial charge in [0.15, 0.2) is 0 Å². The van der Waals surface area contributed by atoms with Gasteiger partial charge in [0.2, 0.25) is 0 Å². The Balaban J connectivity index is 1.75. The summed E-state index contributed by atoms with van der Waals surface area (Å²) in [7, 11) is 0. The van der Waals surface area contributed by atoms with Crippen molar-refractivity contribution in [1.29, 1.82) is 0 Å². The molecule has 1 aliphatic rings. The molecular formula is C23H30N2O. The van der Waals surface area contributed by atoms with Crippen LogP contribution in [0, 0.1) is 5.92 Å². The molecule has 0 heterocycles. The fourth-order valence-electron chi connectivity index (χ4n) is 3.87. The molecule has 3 rings (SSSR count). The SMILES string of the molecule is CC(N)(CN)C(c1ccc(OCc2ccccc2)cc1)C1C=CCCC1. The van der Waals surface area contributed by atoms with Gasteiger partial charge in [0.05, 0.1) is 0 Å². The molecule has 4 N–H and O–H groups in total. The molecule has 2 aromatic rings. The molecule has 0 spiro atoms. The standard InChI is InChI=1S/C23H30N2O/c1-23(25,17-24)22(19-10-6-3-7-11-19)20-12-14-21(15-13-20)26-16-18-8-4-2-5-9-18/h2,4-6,8-10,12-15,19,22H,3,7,11,16-17,24-25H2,1H3. The summed E-state index contributed by atoms with van der Waals surface area (Å²) in [4.78, 5) is 0. The van der Waals surface area contributed by atoms with Crippen LogP contribution in [0.5, 0.6) is 5.75 Å². The predicted molar refractivity (Wildman–Crippen MR) is 108 cm³/mol. The van der Waals surface area contributed by atoms with Crippen LogP contribution in [0.4, 0.5) is 0 Å². The third-order valence-corrected chi connectivity index (χ3v) is 5.36. The molecule has 2 aromatic carbocycles. The van der Waals surface area contributed by atoms with Gasteiger partial charge < -0.3 is 16.2 Å². The minimum atomic E-state index is -0.432. The zero-order valence-electron chi connectivity index (χ0n) is 15.6. The van der Waals surface area contributed by atoms with Gasteiger partial charge >= 0.3 is 0 Å². The van der Waals surface area contributed by atoms with Gasteiger partial charge in [-0.25, -0.2) is 0 Å². The molecular weight excluding hydrogens is 320 g/mol. The fraction of sp³-hybridized carbons (Fsp3) is 0.391. The Kier molecular flexibility index (Phi) is 6.12. The van der Waals surface area contributed by atoms with E-state index < -0.39 is 5.54 Å². The first kappa shape index (κ1) is 18.7. The smallest absolute Gasteiger partial charge is 0.119 e. The Morgan fingerprint density at radius 2 is 1.85 bits per heavy atom. The van der Waals surface area contributed by atoms with Gasteiger partial charge in [0, 0.05) is 18.0 Å². The summed E-state index contributed by atoms with van der Waals surface area (Å²) in [6, 6.07) is 18.6. The number of allylic oxidation sites excluding steroid dienone is 2. The highest BCUT2D eigenvalue weighted by Crippen LogP contribution is 2.39. The third kappa shape index (κ3) is 4.54. The molecule has 26 heavy (non-hydrogen) atoms. The second-order valence-electron chi connectivity index (χ2n) is 7.55. The van der Waals surface area contributed by atoms with E-state index in [2.05, 4.69) is 43.3 Å². The highest BCUT2D eigenvalue weighted by atomic mass is 16.5. The first-order valence-electron chi connectivity index (χ1n) is 9.52. The van der Waals surface area contributed by atoms with Gasteiger partial charge in [0.1, 0.15) is 12.4 Å². The number of nitrogens with two attached hydrogens (primary N) is 2. The molecule has 3 atom stereocenters. The second kappa shape index (κ2) is 8.52. The summed E-state index contributed by atoms with van der Waals surface area (Å²) in [5.74, 6) is 1.53. The number of ether oxygens (including phenoxy) is 1. The van der Waals surface area contributed by atoms with Gasteiger partial charge in [-0.2, -0.15) is 0 Å². The lowest BCUT2D eigenvalue weighted by Crippen LogP contribution is -2.51. The Morgan fingerprint density at radius 1 is 1.12 bits per heavy atom. The average Bonchev–Trinajstić information content (AvgIpc) is 2.69. The first-order chi connectivity index (χ1) is 12.6. The Morgan fingerprint density at radius 3 is 2.46 bits per heavy atom. The van der Waals surface area contributed by atoms with Crippen molar-refractivity contribution in [3.05, 3.63) is 77.9 Å². The Bertz CT molecular complexity index is 707. The van der Waals surface area contributed by atoms with Gasteiger partial charge in [-0.3, -0.25) is 0 Å². The summed E-state index contributed by atoms with van der Waals surface area (Å²) < 4.78 is 5.91. The summed E-state index contributed by atoms with van der Waals surface area (Å²) in [5.41, 5.74) is 14.6. The zero-order chi connectivity index (χ0) is 18.4. The predicted octanol–water partition coefficient (Wildman–Crippen LogP) is 4.38. The number of benzene rings is 2. The molecule has 1 aliphatic carbocycles. The van der Waals surface area contributed by atoms with E-state index in [4.69, 9.17) is 16.2 Å². The summed E-state index contributed by atoms with van der Waals surface area (Å²) in [5, 5.41) is 0. The van der Waals surface area contributed by atoms with Crippen LogP contribution in [-0.2, 0) is 6.61 Å². The van der Waals surface area contributed by atoms with Crippen LogP contribution in [0.15, 0.2) is 66.7 Å². The third-order valence-electron chi connectivity index (χ3n) is 5.36. The molecule has 138 valence electrons. The quantitative estimate of drug-likeness (QED) is 0.728.